The molecule has 0 unspecified atom stereocenters. The summed E-state index contributed by atoms with van der Waals surface area (Å²) in [6, 6.07) is 0. The SMILES string of the molecule is C.CC1CCCCC1.Cl.Cl. The van der Waals surface area contributed by atoms with Crippen molar-refractivity contribution in [3.63, 3.8) is 0 Å². The molecule has 0 aromatic rings. The van der Waals surface area contributed by atoms with E-state index in [0.29, 0.717) is 0 Å². The van der Waals surface area contributed by atoms with Crippen LogP contribution in [0.4, 0.5) is 0 Å². The summed E-state index contributed by atoms with van der Waals surface area (Å²) >= 11 is 0. The first-order valence-electron chi connectivity index (χ1n) is 3.39. The second-order valence-electron chi connectivity index (χ2n) is 2.74. The van der Waals surface area contributed by atoms with Gasteiger partial charge in [-0.2, -0.15) is 0 Å². The van der Waals surface area contributed by atoms with Gasteiger partial charge in [0.25, 0.3) is 0 Å². The Morgan fingerprint density at radius 3 is 1.50 bits per heavy atom. The molecule has 0 aromatic heterocycles. The Labute approximate surface area is 77.6 Å². The highest BCUT2D eigenvalue weighted by Gasteiger charge is 2.05. The van der Waals surface area contributed by atoms with Crippen molar-refractivity contribution in [2.45, 2.75) is 46.5 Å². The second-order valence-corrected chi connectivity index (χ2v) is 2.74. The summed E-state index contributed by atoms with van der Waals surface area (Å²) in [4.78, 5) is 0. The first kappa shape index (κ1) is 16.9. The standard InChI is InChI=1S/C7H14.CH4.2ClH/c1-7-5-3-2-4-6-7;;;/h7H,2-6H2,1H3;1H4;2*1H. The lowest BCUT2D eigenvalue weighted by Crippen LogP contribution is -1.99. The summed E-state index contributed by atoms with van der Waals surface area (Å²) in [5.41, 5.74) is 0. The van der Waals surface area contributed by atoms with Crippen LogP contribution in [0, 0.1) is 5.92 Å². The number of rotatable bonds is 0. The Kier molecular flexibility index (Phi) is 16.2. The Bertz CT molecular complexity index is 49.2. The van der Waals surface area contributed by atoms with E-state index in [1.54, 1.807) is 0 Å². The van der Waals surface area contributed by atoms with Crippen LogP contribution in [0.2, 0.25) is 0 Å². The summed E-state index contributed by atoms with van der Waals surface area (Å²) < 4.78 is 0. The Hall–Kier alpha value is 0.580. The largest absolute Gasteiger partial charge is 0.147 e. The van der Waals surface area contributed by atoms with Crippen LogP contribution < -0.4 is 0 Å². The summed E-state index contributed by atoms with van der Waals surface area (Å²) in [6.45, 7) is 2.36. The van der Waals surface area contributed by atoms with Crippen molar-refractivity contribution < 1.29 is 0 Å². The lowest BCUT2D eigenvalue weighted by atomic mass is 9.91. The smallest absolute Gasteiger partial charge is 0.0443 e. The van der Waals surface area contributed by atoms with E-state index in [1.807, 2.05) is 0 Å². The van der Waals surface area contributed by atoms with E-state index in [9.17, 15) is 0 Å². The molecule has 0 spiro atoms. The molecule has 0 bridgehead atoms. The van der Waals surface area contributed by atoms with Crippen LogP contribution in [0.5, 0.6) is 0 Å². The molecule has 10 heavy (non-hydrogen) atoms. The van der Waals surface area contributed by atoms with Gasteiger partial charge in [-0.1, -0.05) is 46.5 Å². The Morgan fingerprint density at radius 2 is 1.30 bits per heavy atom. The zero-order valence-electron chi connectivity index (χ0n) is 5.93. The van der Waals surface area contributed by atoms with Gasteiger partial charge in [0, 0.05) is 0 Å². The topological polar surface area (TPSA) is 0 Å². The normalized spacial score (nSPS) is 17.7. The molecule has 2 heteroatoms. The van der Waals surface area contributed by atoms with Crippen molar-refractivity contribution >= 4 is 24.8 Å². The maximum atomic E-state index is 2.36. The first-order chi connectivity index (χ1) is 3.39. The minimum Gasteiger partial charge on any atom is -0.147 e. The fourth-order valence-electron chi connectivity index (χ4n) is 1.31. The molecule has 0 amide bonds. The highest BCUT2D eigenvalue weighted by Crippen LogP contribution is 2.21. The number of hydrogen-bond donors (Lipinski definition) is 0. The van der Waals surface area contributed by atoms with Crippen molar-refractivity contribution in [1.29, 1.82) is 0 Å². The maximum absolute atomic E-state index is 2.36. The lowest BCUT2D eigenvalue weighted by Gasteiger charge is -2.15. The third-order valence-electron chi connectivity index (χ3n) is 1.89. The quantitative estimate of drug-likeness (QED) is 0.536. The third kappa shape index (κ3) is 6.70. The predicted octanol–water partition coefficient (Wildman–Crippen LogP) is 4.07. The van der Waals surface area contributed by atoms with Gasteiger partial charge in [0.1, 0.15) is 0 Å². The van der Waals surface area contributed by atoms with Crippen LogP contribution in [0.3, 0.4) is 0 Å². The molecule has 0 saturated heterocycles. The molecule has 1 aliphatic carbocycles. The summed E-state index contributed by atoms with van der Waals surface area (Å²) in [6.07, 6.45) is 7.44. The minimum absolute atomic E-state index is 0. The van der Waals surface area contributed by atoms with Gasteiger partial charge in [-0.15, -0.1) is 24.8 Å². The summed E-state index contributed by atoms with van der Waals surface area (Å²) in [5.74, 6) is 1.04. The zero-order valence-corrected chi connectivity index (χ0v) is 7.56. The van der Waals surface area contributed by atoms with Crippen LogP contribution >= 0.6 is 24.8 Å². The highest BCUT2D eigenvalue weighted by molar-refractivity contribution is 5.85. The number of halogens is 2. The van der Waals surface area contributed by atoms with Gasteiger partial charge in [0.15, 0.2) is 0 Å². The average molecular weight is 187 g/mol. The van der Waals surface area contributed by atoms with Crippen molar-refractivity contribution in [3.05, 3.63) is 0 Å². The van der Waals surface area contributed by atoms with Gasteiger partial charge >= 0.3 is 0 Å². The van der Waals surface area contributed by atoms with Gasteiger partial charge in [-0.25, -0.2) is 0 Å². The molecule has 0 radical (unpaired) electrons. The molecule has 66 valence electrons. The molecular formula is C8H20Cl2. The third-order valence-corrected chi connectivity index (χ3v) is 1.89. The van der Waals surface area contributed by atoms with E-state index in [2.05, 4.69) is 6.92 Å². The summed E-state index contributed by atoms with van der Waals surface area (Å²) in [5, 5.41) is 0. The van der Waals surface area contributed by atoms with Crippen LogP contribution in [0.1, 0.15) is 46.5 Å². The lowest BCUT2D eigenvalue weighted by molar-refractivity contribution is 0.385. The Balaban J connectivity index is -0.000000163. The van der Waals surface area contributed by atoms with E-state index in [1.165, 1.54) is 32.1 Å². The molecule has 0 atom stereocenters. The van der Waals surface area contributed by atoms with Crippen molar-refractivity contribution in [1.82, 2.24) is 0 Å². The molecule has 1 aliphatic rings. The van der Waals surface area contributed by atoms with Crippen LogP contribution in [0.25, 0.3) is 0 Å². The van der Waals surface area contributed by atoms with Gasteiger partial charge in [-0.3, -0.25) is 0 Å². The minimum atomic E-state index is 0. The zero-order chi connectivity index (χ0) is 5.11. The first-order valence-corrected chi connectivity index (χ1v) is 3.39. The van der Waals surface area contributed by atoms with Gasteiger partial charge in [0.05, 0.1) is 0 Å². The number of hydrogen-bond acceptors (Lipinski definition) is 0. The van der Waals surface area contributed by atoms with E-state index in [0.717, 1.165) is 5.92 Å². The fourth-order valence-corrected chi connectivity index (χ4v) is 1.31. The molecular weight excluding hydrogens is 167 g/mol. The highest BCUT2D eigenvalue weighted by atomic mass is 35.5. The summed E-state index contributed by atoms with van der Waals surface area (Å²) in [7, 11) is 0. The Morgan fingerprint density at radius 1 is 0.900 bits per heavy atom. The van der Waals surface area contributed by atoms with Crippen LogP contribution in [0.15, 0.2) is 0 Å². The monoisotopic (exact) mass is 186 g/mol. The molecule has 0 heterocycles. The molecule has 1 saturated carbocycles. The maximum Gasteiger partial charge on any atom is -0.0443 e. The molecule has 0 nitrogen and oxygen atoms in total. The van der Waals surface area contributed by atoms with E-state index in [4.69, 9.17) is 0 Å². The van der Waals surface area contributed by atoms with Gasteiger partial charge < -0.3 is 0 Å². The van der Waals surface area contributed by atoms with E-state index < -0.39 is 0 Å². The molecule has 1 rings (SSSR count). The molecule has 1 fully saturated rings. The fraction of sp³-hybridized carbons (Fsp3) is 1.00. The van der Waals surface area contributed by atoms with Gasteiger partial charge in [-0.05, 0) is 5.92 Å². The average Bonchev–Trinajstić information content (AvgIpc) is 1.69. The van der Waals surface area contributed by atoms with E-state index >= 15 is 0 Å². The van der Waals surface area contributed by atoms with E-state index in [-0.39, 0.29) is 32.2 Å². The van der Waals surface area contributed by atoms with Crippen LogP contribution in [-0.2, 0) is 0 Å². The van der Waals surface area contributed by atoms with Gasteiger partial charge in [0.2, 0.25) is 0 Å². The predicted molar refractivity (Wildman–Crippen MR) is 53.5 cm³/mol. The molecule has 0 aromatic carbocycles. The second kappa shape index (κ2) is 9.58. The molecule has 0 aliphatic heterocycles. The van der Waals surface area contributed by atoms with Crippen molar-refractivity contribution in [2.75, 3.05) is 0 Å². The van der Waals surface area contributed by atoms with Crippen LogP contribution in [-0.4, -0.2) is 0 Å². The molecule has 0 N–H and O–H groups in total. The van der Waals surface area contributed by atoms with Crippen molar-refractivity contribution in [3.8, 4) is 0 Å². The van der Waals surface area contributed by atoms with Crippen molar-refractivity contribution in [2.24, 2.45) is 5.92 Å².